The van der Waals surface area contributed by atoms with Crippen molar-refractivity contribution in [3.8, 4) is 5.69 Å². The zero-order valence-corrected chi connectivity index (χ0v) is 14.1. The van der Waals surface area contributed by atoms with Crippen LogP contribution in [0.3, 0.4) is 0 Å². The highest BCUT2D eigenvalue weighted by Gasteiger charge is 2.15. The van der Waals surface area contributed by atoms with Crippen LogP contribution in [-0.4, -0.2) is 46.2 Å². The number of nitrogens with one attached hydrogen (secondary N) is 2. The molecule has 0 saturated carbocycles. The van der Waals surface area contributed by atoms with E-state index in [0.717, 1.165) is 48.3 Å². The van der Waals surface area contributed by atoms with Crippen LogP contribution in [0, 0.1) is 0 Å². The molecule has 1 aliphatic heterocycles. The quantitative estimate of drug-likeness (QED) is 0.577. The zero-order valence-electron chi connectivity index (χ0n) is 14.1. The molecule has 0 amide bonds. The second kappa shape index (κ2) is 5.96. The summed E-state index contributed by atoms with van der Waals surface area (Å²) in [7, 11) is 0. The van der Waals surface area contributed by atoms with E-state index in [-0.39, 0.29) is 5.56 Å². The van der Waals surface area contributed by atoms with E-state index in [1.54, 1.807) is 4.68 Å². The number of piperazine rings is 1. The number of anilines is 1. The van der Waals surface area contributed by atoms with E-state index >= 15 is 0 Å². The highest BCUT2D eigenvalue weighted by molar-refractivity contribution is 6.02. The van der Waals surface area contributed by atoms with E-state index < -0.39 is 0 Å². The Morgan fingerprint density at radius 3 is 2.46 bits per heavy atom. The largest absolute Gasteiger partial charge is 0.369 e. The van der Waals surface area contributed by atoms with Crippen molar-refractivity contribution in [2.75, 3.05) is 31.1 Å². The van der Waals surface area contributed by atoms with Crippen molar-refractivity contribution in [3.05, 3.63) is 58.9 Å². The molecule has 2 N–H and O–H groups in total. The molecule has 1 saturated heterocycles. The molecule has 0 radical (unpaired) electrons. The van der Waals surface area contributed by atoms with Crippen molar-refractivity contribution in [2.45, 2.75) is 0 Å². The van der Waals surface area contributed by atoms with Crippen molar-refractivity contribution >= 4 is 27.6 Å². The summed E-state index contributed by atoms with van der Waals surface area (Å²) >= 11 is 0. The van der Waals surface area contributed by atoms with Crippen molar-refractivity contribution < 1.29 is 0 Å². The summed E-state index contributed by atoms with van der Waals surface area (Å²) in [6.45, 7) is 4.02. The minimum atomic E-state index is -0.220. The second-order valence-corrected chi connectivity index (χ2v) is 6.45. The number of rotatable bonds is 2. The minimum absolute atomic E-state index is 0.220. The lowest BCUT2D eigenvalue weighted by molar-refractivity contribution is 0.589. The van der Waals surface area contributed by atoms with Gasteiger partial charge in [-0.15, -0.1) is 5.10 Å². The van der Waals surface area contributed by atoms with Gasteiger partial charge < -0.3 is 15.2 Å². The molecule has 26 heavy (non-hydrogen) atoms. The van der Waals surface area contributed by atoms with E-state index in [0.29, 0.717) is 5.52 Å². The van der Waals surface area contributed by atoms with Gasteiger partial charge in [-0.1, -0.05) is 23.4 Å². The zero-order chi connectivity index (χ0) is 17.5. The molecule has 4 aromatic rings. The summed E-state index contributed by atoms with van der Waals surface area (Å²) in [5.41, 5.74) is 3.74. The van der Waals surface area contributed by atoms with Crippen LogP contribution in [0.15, 0.2) is 53.3 Å². The fraction of sp³-hybridized carbons (Fsp3) is 0.211. The first-order chi connectivity index (χ1) is 12.8. The molecule has 0 spiro atoms. The standard InChI is InChI=1S/C19H18N6O/c26-19-17-18(15-3-1-2-4-16(15)21-19)25(23-22-17)14-7-5-13(6-8-14)24-11-9-20-10-12-24/h1-8,20H,9-12H2,(H,21,26). The molecular weight excluding hydrogens is 328 g/mol. The normalized spacial score (nSPS) is 15.0. The highest BCUT2D eigenvalue weighted by Crippen LogP contribution is 2.24. The van der Waals surface area contributed by atoms with Gasteiger partial charge in [0.15, 0.2) is 5.52 Å². The number of H-pyrrole nitrogens is 1. The molecule has 0 unspecified atom stereocenters. The predicted octanol–water partition coefficient (Wildman–Crippen LogP) is 1.67. The Hall–Kier alpha value is -3.19. The molecule has 0 bridgehead atoms. The van der Waals surface area contributed by atoms with Gasteiger partial charge in [-0.25, -0.2) is 4.68 Å². The third-order valence-corrected chi connectivity index (χ3v) is 4.89. The van der Waals surface area contributed by atoms with Gasteiger partial charge in [0, 0.05) is 37.3 Å². The number of para-hydroxylation sites is 1. The number of nitrogens with zero attached hydrogens (tertiary/aromatic N) is 4. The van der Waals surface area contributed by atoms with Gasteiger partial charge in [0.05, 0.1) is 11.2 Å². The van der Waals surface area contributed by atoms with E-state index in [1.807, 2.05) is 36.4 Å². The van der Waals surface area contributed by atoms with Crippen LogP contribution in [0.2, 0.25) is 0 Å². The van der Waals surface area contributed by atoms with Crippen LogP contribution in [0.25, 0.3) is 27.6 Å². The third kappa shape index (κ3) is 2.36. The number of pyridine rings is 1. The van der Waals surface area contributed by atoms with Crippen molar-refractivity contribution in [1.29, 1.82) is 0 Å². The molecule has 1 aliphatic rings. The topological polar surface area (TPSA) is 78.8 Å². The Bertz CT molecular complexity index is 1140. The Balaban J connectivity index is 1.64. The molecule has 3 heterocycles. The van der Waals surface area contributed by atoms with Gasteiger partial charge >= 0.3 is 0 Å². The molecule has 1 fully saturated rings. The maximum Gasteiger partial charge on any atom is 0.278 e. The number of fused-ring (bicyclic) bond motifs is 3. The summed E-state index contributed by atoms with van der Waals surface area (Å²) in [5.74, 6) is 0. The van der Waals surface area contributed by atoms with Crippen molar-refractivity contribution in [2.24, 2.45) is 0 Å². The van der Waals surface area contributed by atoms with Gasteiger partial charge in [0.25, 0.3) is 5.56 Å². The number of aromatic amines is 1. The predicted molar refractivity (Wildman–Crippen MR) is 102 cm³/mol. The lowest BCUT2D eigenvalue weighted by Gasteiger charge is -2.29. The molecule has 2 aromatic heterocycles. The Morgan fingerprint density at radius 1 is 0.923 bits per heavy atom. The molecule has 130 valence electrons. The van der Waals surface area contributed by atoms with Crippen molar-refractivity contribution in [3.63, 3.8) is 0 Å². The molecular formula is C19H18N6O. The monoisotopic (exact) mass is 346 g/mol. The Labute approximate surface area is 149 Å². The summed E-state index contributed by atoms with van der Waals surface area (Å²) in [6.07, 6.45) is 0. The first-order valence-corrected chi connectivity index (χ1v) is 8.74. The van der Waals surface area contributed by atoms with Crippen LogP contribution in [0.4, 0.5) is 5.69 Å². The summed E-state index contributed by atoms with van der Waals surface area (Å²) in [4.78, 5) is 17.5. The summed E-state index contributed by atoms with van der Waals surface area (Å²) < 4.78 is 1.74. The average Bonchev–Trinajstić information content (AvgIpc) is 3.15. The van der Waals surface area contributed by atoms with Crippen LogP contribution in [0.5, 0.6) is 0 Å². The lowest BCUT2D eigenvalue weighted by Crippen LogP contribution is -2.43. The Morgan fingerprint density at radius 2 is 1.65 bits per heavy atom. The average molecular weight is 346 g/mol. The van der Waals surface area contributed by atoms with E-state index in [2.05, 4.69) is 37.6 Å². The molecule has 5 rings (SSSR count). The highest BCUT2D eigenvalue weighted by atomic mass is 16.1. The fourth-order valence-electron chi connectivity index (χ4n) is 3.56. The van der Waals surface area contributed by atoms with Crippen LogP contribution in [-0.2, 0) is 0 Å². The molecule has 0 aliphatic carbocycles. The summed E-state index contributed by atoms with van der Waals surface area (Å²) in [6, 6.07) is 16.0. The van der Waals surface area contributed by atoms with Gasteiger partial charge in [0.1, 0.15) is 5.52 Å². The number of hydrogen-bond acceptors (Lipinski definition) is 5. The first kappa shape index (κ1) is 15.1. The van der Waals surface area contributed by atoms with Gasteiger partial charge in [-0.2, -0.15) is 0 Å². The molecule has 7 heteroatoms. The number of aromatic nitrogens is 4. The van der Waals surface area contributed by atoms with Gasteiger partial charge in [-0.3, -0.25) is 4.79 Å². The maximum atomic E-state index is 12.3. The summed E-state index contributed by atoms with van der Waals surface area (Å²) in [5, 5.41) is 12.6. The first-order valence-electron chi connectivity index (χ1n) is 8.74. The van der Waals surface area contributed by atoms with E-state index in [4.69, 9.17) is 0 Å². The number of benzene rings is 2. The molecule has 0 atom stereocenters. The SMILES string of the molecule is O=c1[nH]c2ccccc2c2c1nnn2-c1ccc(N2CCNCC2)cc1. The smallest absolute Gasteiger partial charge is 0.278 e. The molecule has 2 aromatic carbocycles. The van der Waals surface area contributed by atoms with E-state index in [9.17, 15) is 4.79 Å². The van der Waals surface area contributed by atoms with E-state index in [1.165, 1.54) is 5.69 Å². The van der Waals surface area contributed by atoms with Gasteiger partial charge in [0.2, 0.25) is 0 Å². The maximum absolute atomic E-state index is 12.3. The van der Waals surface area contributed by atoms with Crippen LogP contribution >= 0.6 is 0 Å². The Kier molecular flexibility index (Phi) is 3.46. The third-order valence-electron chi connectivity index (χ3n) is 4.89. The van der Waals surface area contributed by atoms with Gasteiger partial charge in [-0.05, 0) is 30.3 Å². The number of hydrogen-bond donors (Lipinski definition) is 2. The van der Waals surface area contributed by atoms with Crippen molar-refractivity contribution in [1.82, 2.24) is 25.3 Å². The second-order valence-electron chi connectivity index (χ2n) is 6.45. The minimum Gasteiger partial charge on any atom is -0.369 e. The fourth-order valence-corrected chi connectivity index (χ4v) is 3.56. The lowest BCUT2D eigenvalue weighted by atomic mass is 10.2. The van der Waals surface area contributed by atoms with Crippen LogP contribution < -0.4 is 15.8 Å². The molecule has 7 nitrogen and oxygen atoms in total. The van der Waals surface area contributed by atoms with Crippen LogP contribution in [0.1, 0.15) is 0 Å².